The number of nitrogens with one attached hydrogen (secondary N) is 1. The van der Waals surface area contributed by atoms with Gasteiger partial charge in [0.25, 0.3) is 5.91 Å². The molecule has 0 aliphatic carbocycles. The molecule has 6 heteroatoms. The Morgan fingerprint density at radius 3 is 2.65 bits per heavy atom. The SMILES string of the molecule is COCC(O)CCNC(=O)C(C)Oc1ccc(Cl)cc1. The van der Waals surface area contributed by atoms with Crippen molar-refractivity contribution in [2.45, 2.75) is 25.6 Å². The lowest BCUT2D eigenvalue weighted by Gasteiger charge is -2.15. The molecule has 0 saturated carbocycles. The first-order chi connectivity index (χ1) is 9.52. The molecule has 1 rings (SSSR count). The van der Waals surface area contributed by atoms with Crippen LogP contribution < -0.4 is 10.1 Å². The monoisotopic (exact) mass is 301 g/mol. The Balaban J connectivity index is 2.30. The minimum Gasteiger partial charge on any atom is -0.481 e. The van der Waals surface area contributed by atoms with Crippen LogP contribution in [0.25, 0.3) is 0 Å². The summed E-state index contributed by atoms with van der Waals surface area (Å²) < 4.78 is 10.3. The molecular formula is C14H20ClNO4. The van der Waals surface area contributed by atoms with Crippen molar-refractivity contribution in [3.8, 4) is 5.75 Å². The molecule has 0 spiro atoms. The van der Waals surface area contributed by atoms with Crippen LogP contribution in [0.2, 0.25) is 5.02 Å². The molecule has 0 bridgehead atoms. The molecule has 1 amide bonds. The summed E-state index contributed by atoms with van der Waals surface area (Å²) in [6.45, 7) is 2.29. The summed E-state index contributed by atoms with van der Waals surface area (Å²) in [7, 11) is 1.52. The number of amides is 1. The Bertz CT molecular complexity index is 410. The molecule has 5 nitrogen and oxygen atoms in total. The fourth-order valence-electron chi connectivity index (χ4n) is 1.55. The summed E-state index contributed by atoms with van der Waals surface area (Å²) in [5.41, 5.74) is 0. The van der Waals surface area contributed by atoms with Gasteiger partial charge in [-0.25, -0.2) is 0 Å². The number of rotatable bonds is 8. The van der Waals surface area contributed by atoms with E-state index < -0.39 is 12.2 Å². The van der Waals surface area contributed by atoms with Crippen molar-refractivity contribution >= 4 is 17.5 Å². The van der Waals surface area contributed by atoms with Gasteiger partial charge in [-0.2, -0.15) is 0 Å². The fourth-order valence-corrected chi connectivity index (χ4v) is 1.68. The van der Waals surface area contributed by atoms with Gasteiger partial charge < -0.3 is 19.9 Å². The van der Waals surface area contributed by atoms with Crippen molar-refractivity contribution in [3.63, 3.8) is 0 Å². The van der Waals surface area contributed by atoms with E-state index in [0.717, 1.165) is 0 Å². The zero-order valence-electron chi connectivity index (χ0n) is 11.6. The number of ether oxygens (including phenoxy) is 2. The Morgan fingerprint density at radius 2 is 2.05 bits per heavy atom. The second-order valence-corrected chi connectivity index (χ2v) is 4.84. The van der Waals surface area contributed by atoms with E-state index in [1.807, 2.05) is 0 Å². The summed E-state index contributed by atoms with van der Waals surface area (Å²) >= 11 is 5.77. The Morgan fingerprint density at radius 1 is 1.40 bits per heavy atom. The van der Waals surface area contributed by atoms with Crippen molar-refractivity contribution in [3.05, 3.63) is 29.3 Å². The lowest BCUT2D eigenvalue weighted by atomic mass is 10.2. The lowest BCUT2D eigenvalue weighted by molar-refractivity contribution is -0.127. The van der Waals surface area contributed by atoms with Gasteiger partial charge >= 0.3 is 0 Å². The highest BCUT2D eigenvalue weighted by molar-refractivity contribution is 6.30. The van der Waals surface area contributed by atoms with Crippen molar-refractivity contribution in [1.29, 1.82) is 0 Å². The number of methoxy groups -OCH3 is 1. The first-order valence-electron chi connectivity index (χ1n) is 6.40. The number of aliphatic hydroxyl groups excluding tert-OH is 1. The van der Waals surface area contributed by atoms with E-state index in [2.05, 4.69) is 5.32 Å². The van der Waals surface area contributed by atoms with Gasteiger partial charge in [-0.3, -0.25) is 4.79 Å². The molecule has 0 radical (unpaired) electrons. The number of carbonyl (C=O) groups is 1. The first kappa shape index (κ1) is 16.8. The summed E-state index contributed by atoms with van der Waals surface area (Å²) in [4.78, 5) is 11.8. The van der Waals surface area contributed by atoms with E-state index in [4.69, 9.17) is 21.1 Å². The zero-order valence-corrected chi connectivity index (χ0v) is 12.4. The number of aliphatic hydroxyl groups is 1. The van der Waals surface area contributed by atoms with Crippen LogP contribution in [0.3, 0.4) is 0 Å². The predicted octanol–water partition coefficient (Wildman–Crippen LogP) is 1.62. The van der Waals surface area contributed by atoms with Gasteiger partial charge in [-0.05, 0) is 37.6 Å². The zero-order chi connectivity index (χ0) is 15.0. The van der Waals surface area contributed by atoms with Crippen LogP contribution >= 0.6 is 11.6 Å². The van der Waals surface area contributed by atoms with Gasteiger partial charge in [-0.15, -0.1) is 0 Å². The standard InChI is InChI=1S/C14H20ClNO4/c1-10(20-13-5-3-11(15)4-6-13)14(18)16-8-7-12(17)9-19-2/h3-6,10,12,17H,7-9H2,1-2H3,(H,16,18). The van der Waals surface area contributed by atoms with Crippen molar-refractivity contribution in [2.24, 2.45) is 0 Å². The molecule has 112 valence electrons. The minimum absolute atomic E-state index is 0.232. The molecule has 1 aromatic rings. The van der Waals surface area contributed by atoms with E-state index in [1.165, 1.54) is 7.11 Å². The maximum absolute atomic E-state index is 11.8. The van der Waals surface area contributed by atoms with E-state index in [-0.39, 0.29) is 12.5 Å². The first-order valence-corrected chi connectivity index (χ1v) is 6.77. The van der Waals surface area contributed by atoms with Crippen LogP contribution in [-0.4, -0.2) is 43.5 Å². The summed E-state index contributed by atoms with van der Waals surface area (Å²) in [6, 6.07) is 6.80. The van der Waals surface area contributed by atoms with Crippen LogP contribution in [0, 0.1) is 0 Å². The van der Waals surface area contributed by atoms with Gasteiger partial charge in [0.15, 0.2) is 6.10 Å². The van der Waals surface area contributed by atoms with Gasteiger partial charge in [0.1, 0.15) is 5.75 Å². The second-order valence-electron chi connectivity index (χ2n) is 4.40. The average molecular weight is 302 g/mol. The largest absolute Gasteiger partial charge is 0.481 e. The fraction of sp³-hybridized carbons (Fsp3) is 0.500. The molecule has 0 saturated heterocycles. The van der Waals surface area contributed by atoms with Crippen LogP contribution in [0.4, 0.5) is 0 Å². The van der Waals surface area contributed by atoms with Crippen LogP contribution in [0.15, 0.2) is 24.3 Å². The molecule has 0 aliphatic rings. The smallest absolute Gasteiger partial charge is 0.260 e. The highest BCUT2D eigenvalue weighted by Gasteiger charge is 2.14. The van der Waals surface area contributed by atoms with Gasteiger partial charge in [0, 0.05) is 18.7 Å². The third-order valence-corrected chi connectivity index (χ3v) is 2.88. The highest BCUT2D eigenvalue weighted by Crippen LogP contribution is 2.16. The molecule has 2 N–H and O–H groups in total. The molecule has 2 atom stereocenters. The molecule has 20 heavy (non-hydrogen) atoms. The normalized spacial score (nSPS) is 13.6. The molecule has 0 aliphatic heterocycles. The van der Waals surface area contributed by atoms with Crippen molar-refractivity contribution in [2.75, 3.05) is 20.3 Å². The van der Waals surface area contributed by atoms with E-state index in [9.17, 15) is 9.90 Å². The molecule has 0 fully saturated rings. The van der Waals surface area contributed by atoms with E-state index in [0.29, 0.717) is 23.7 Å². The number of benzene rings is 1. The summed E-state index contributed by atoms with van der Waals surface area (Å²) in [5.74, 6) is 0.348. The van der Waals surface area contributed by atoms with Crippen LogP contribution in [-0.2, 0) is 9.53 Å². The Kier molecular flexibility index (Phi) is 7.36. The van der Waals surface area contributed by atoms with Gasteiger partial charge in [0.05, 0.1) is 12.7 Å². The molecule has 1 aromatic carbocycles. The van der Waals surface area contributed by atoms with Crippen molar-refractivity contribution in [1.82, 2.24) is 5.32 Å². The minimum atomic E-state index is -0.615. The van der Waals surface area contributed by atoms with Crippen LogP contribution in [0.5, 0.6) is 5.75 Å². The third kappa shape index (κ3) is 6.23. The van der Waals surface area contributed by atoms with E-state index in [1.54, 1.807) is 31.2 Å². The molecule has 0 heterocycles. The molecule has 2 unspecified atom stereocenters. The predicted molar refractivity (Wildman–Crippen MR) is 77.1 cm³/mol. The number of hydrogen-bond acceptors (Lipinski definition) is 4. The number of carbonyl (C=O) groups excluding carboxylic acids is 1. The Labute approximate surface area is 123 Å². The molecular weight excluding hydrogens is 282 g/mol. The van der Waals surface area contributed by atoms with Crippen molar-refractivity contribution < 1.29 is 19.4 Å². The quantitative estimate of drug-likeness (QED) is 0.766. The highest BCUT2D eigenvalue weighted by atomic mass is 35.5. The number of halogens is 1. The maximum Gasteiger partial charge on any atom is 0.260 e. The van der Waals surface area contributed by atoms with Gasteiger partial charge in [-0.1, -0.05) is 11.6 Å². The maximum atomic E-state index is 11.8. The van der Waals surface area contributed by atoms with Gasteiger partial charge in [0.2, 0.25) is 0 Å². The summed E-state index contributed by atoms with van der Waals surface area (Å²) in [6.07, 6.45) is -0.753. The average Bonchev–Trinajstić information content (AvgIpc) is 2.41. The molecule has 0 aromatic heterocycles. The second kappa shape index (κ2) is 8.79. The van der Waals surface area contributed by atoms with Crippen LogP contribution in [0.1, 0.15) is 13.3 Å². The summed E-state index contributed by atoms with van der Waals surface area (Å²) in [5, 5.41) is 12.8. The van der Waals surface area contributed by atoms with E-state index >= 15 is 0 Å². The number of hydrogen-bond donors (Lipinski definition) is 2. The third-order valence-electron chi connectivity index (χ3n) is 2.63. The topological polar surface area (TPSA) is 67.8 Å². The lowest BCUT2D eigenvalue weighted by Crippen LogP contribution is -2.38. The Hall–Kier alpha value is -1.30.